The van der Waals surface area contributed by atoms with E-state index in [1.807, 2.05) is 60.9 Å². The van der Waals surface area contributed by atoms with Crippen LogP contribution < -0.4 is 15.4 Å². The maximum atomic E-state index is 13.4. The molecule has 1 aromatic carbocycles. The second-order valence-electron chi connectivity index (χ2n) is 8.48. The first-order valence-electron chi connectivity index (χ1n) is 12.0. The highest BCUT2D eigenvalue weighted by atomic mass is 16.5. The summed E-state index contributed by atoms with van der Waals surface area (Å²) >= 11 is 0. The number of rotatable bonds is 9. The number of aromatic nitrogens is 2. The lowest BCUT2D eigenvalue weighted by molar-refractivity contribution is 0.0773. The maximum Gasteiger partial charge on any atom is 0.268 e. The average Bonchev–Trinajstić information content (AvgIpc) is 3.30. The molecule has 1 unspecified atom stereocenters. The monoisotopic (exact) mass is 476 g/mol. The van der Waals surface area contributed by atoms with Crippen molar-refractivity contribution in [3.8, 4) is 5.88 Å². The van der Waals surface area contributed by atoms with E-state index in [0.29, 0.717) is 42.4 Å². The van der Waals surface area contributed by atoms with Crippen molar-refractivity contribution >= 4 is 11.8 Å². The van der Waals surface area contributed by atoms with Gasteiger partial charge in [-0.1, -0.05) is 50.2 Å². The molecule has 1 aliphatic heterocycles. The number of carbonyl (C=O) groups is 2. The molecule has 1 aliphatic rings. The molecule has 0 saturated carbocycles. The third-order valence-electron chi connectivity index (χ3n) is 6.38. The summed E-state index contributed by atoms with van der Waals surface area (Å²) in [5.41, 5.74) is 3.49. The highest BCUT2D eigenvalue weighted by Crippen LogP contribution is 2.27. The lowest BCUT2D eigenvalue weighted by atomic mass is 10.0. The van der Waals surface area contributed by atoms with Crippen molar-refractivity contribution in [2.45, 2.75) is 51.9 Å². The lowest BCUT2D eigenvalue weighted by Crippen LogP contribution is -2.32. The van der Waals surface area contributed by atoms with Crippen LogP contribution in [0.1, 0.15) is 76.4 Å². The van der Waals surface area contributed by atoms with Crippen molar-refractivity contribution < 1.29 is 19.1 Å². The summed E-state index contributed by atoms with van der Waals surface area (Å²) in [5, 5.41) is 6.23. The molecule has 3 aromatic rings. The van der Waals surface area contributed by atoms with E-state index >= 15 is 0 Å². The second-order valence-corrected chi connectivity index (χ2v) is 8.48. The molecule has 0 bridgehead atoms. The number of pyridine rings is 1. The van der Waals surface area contributed by atoms with Crippen molar-refractivity contribution in [3.63, 3.8) is 0 Å². The fraction of sp³-hybridized carbons (Fsp3) is 0.370. The van der Waals surface area contributed by atoms with Crippen LogP contribution >= 0.6 is 0 Å². The number of ether oxygens (including phenoxy) is 2. The average molecular weight is 477 g/mol. The molecule has 2 amide bonds. The molecular weight excluding hydrogens is 444 g/mol. The van der Waals surface area contributed by atoms with E-state index in [-0.39, 0.29) is 30.5 Å². The fourth-order valence-corrected chi connectivity index (χ4v) is 4.52. The molecule has 4 rings (SSSR count). The van der Waals surface area contributed by atoms with E-state index in [1.54, 1.807) is 19.4 Å². The van der Waals surface area contributed by atoms with Gasteiger partial charge < -0.3 is 24.7 Å². The Hall–Kier alpha value is -3.65. The smallest absolute Gasteiger partial charge is 0.268 e. The van der Waals surface area contributed by atoms with Gasteiger partial charge in [0, 0.05) is 18.3 Å². The Kier molecular flexibility index (Phi) is 7.82. The first kappa shape index (κ1) is 24.5. The van der Waals surface area contributed by atoms with Gasteiger partial charge in [0.25, 0.3) is 11.8 Å². The number of hydrogen-bond donors (Lipinski definition) is 2. The summed E-state index contributed by atoms with van der Waals surface area (Å²) in [6, 6.07) is 14.9. The first-order valence-corrected chi connectivity index (χ1v) is 12.0. The van der Waals surface area contributed by atoms with Gasteiger partial charge in [-0.2, -0.15) is 0 Å². The van der Waals surface area contributed by atoms with E-state index in [9.17, 15) is 9.59 Å². The van der Waals surface area contributed by atoms with E-state index in [2.05, 4.69) is 15.6 Å². The summed E-state index contributed by atoms with van der Waals surface area (Å²) in [4.78, 5) is 31.0. The van der Waals surface area contributed by atoms with Crippen LogP contribution in [-0.4, -0.2) is 35.1 Å². The molecule has 8 nitrogen and oxygen atoms in total. The predicted octanol–water partition coefficient (Wildman–Crippen LogP) is 4.18. The number of amides is 2. The summed E-state index contributed by atoms with van der Waals surface area (Å²) in [7, 11) is 1.56. The Balaban J connectivity index is 1.60. The van der Waals surface area contributed by atoms with Crippen LogP contribution in [0, 0.1) is 0 Å². The minimum atomic E-state index is -0.281. The number of hydrogen-bond acceptors (Lipinski definition) is 5. The van der Waals surface area contributed by atoms with E-state index in [0.717, 1.165) is 17.5 Å². The van der Waals surface area contributed by atoms with Crippen molar-refractivity contribution in [1.82, 2.24) is 20.2 Å². The van der Waals surface area contributed by atoms with Gasteiger partial charge in [-0.3, -0.25) is 9.59 Å². The molecule has 0 spiro atoms. The van der Waals surface area contributed by atoms with Crippen LogP contribution in [0.15, 0.2) is 54.7 Å². The Bertz CT molecular complexity index is 1180. The van der Waals surface area contributed by atoms with Crippen molar-refractivity contribution in [2.75, 3.05) is 13.7 Å². The summed E-state index contributed by atoms with van der Waals surface area (Å²) < 4.78 is 12.9. The number of nitrogens with zero attached hydrogens (tertiary/aromatic N) is 2. The molecule has 0 aliphatic carbocycles. The largest absolute Gasteiger partial charge is 0.481 e. The van der Waals surface area contributed by atoms with Crippen LogP contribution in [0.4, 0.5) is 0 Å². The predicted molar refractivity (Wildman–Crippen MR) is 132 cm³/mol. The summed E-state index contributed by atoms with van der Waals surface area (Å²) in [5.74, 6) is 0.0202. The van der Waals surface area contributed by atoms with Gasteiger partial charge in [0.1, 0.15) is 5.69 Å². The zero-order valence-corrected chi connectivity index (χ0v) is 20.4. The molecule has 2 N–H and O–H groups in total. The molecule has 0 radical (unpaired) electrons. The molecule has 35 heavy (non-hydrogen) atoms. The quantitative estimate of drug-likeness (QED) is 0.483. The number of methoxy groups -OCH3 is 1. The number of carbonyl (C=O) groups excluding carboxylic acids is 2. The molecule has 0 fully saturated rings. The van der Waals surface area contributed by atoms with Gasteiger partial charge in [0.2, 0.25) is 5.88 Å². The summed E-state index contributed by atoms with van der Waals surface area (Å²) in [6.45, 7) is 5.30. The Morgan fingerprint density at radius 3 is 2.51 bits per heavy atom. The highest BCUT2D eigenvalue weighted by Gasteiger charge is 2.28. The number of benzene rings is 1. The highest BCUT2D eigenvalue weighted by molar-refractivity contribution is 6.01. The molecule has 2 atom stereocenters. The Labute approximate surface area is 205 Å². The normalized spacial score (nSPS) is 14.5. The van der Waals surface area contributed by atoms with E-state index in [1.165, 1.54) is 0 Å². The molecule has 8 heteroatoms. The molecule has 184 valence electrons. The lowest BCUT2D eigenvalue weighted by Gasteiger charge is -2.22. The van der Waals surface area contributed by atoms with Crippen molar-refractivity contribution in [3.05, 3.63) is 82.8 Å². The molecule has 3 heterocycles. The SMILES string of the molecule is CCC(NC(=O)c1cc(C(=O)N[C@H](CC)c2ccccc2)c2n1CCOC2)c1cccnc1OC. The van der Waals surface area contributed by atoms with Gasteiger partial charge in [0.05, 0.1) is 43.7 Å². The van der Waals surface area contributed by atoms with Gasteiger partial charge in [-0.15, -0.1) is 0 Å². The first-order chi connectivity index (χ1) is 17.1. The third-order valence-corrected chi connectivity index (χ3v) is 6.38. The standard InChI is InChI=1S/C27H32N4O4/c1-4-21(18-10-7-6-8-11-18)29-25(32)20-16-23(31-14-15-35-17-24(20)31)26(33)30-22(5-2)19-12-9-13-28-27(19)34-3/h6-13,16,21-22H,4-5,14-15,17H2,1-3H3,(H,29,32)(H,30,33)/t21-,22?/m1/s1. The molecular formula is C27H32N4O4. The molecule has 0 saturated heterocycles. The minimum Gasteiger partial charge on any atom is -0.481 e. The van der Waals surface area contributed by atoms with Crippen LogP contribution in [0.2, 0.25) is 0 Å². The van der Waals surface area contributed by atoms with Gasteiger partial charge >= 0.3 is 0 Å². The minimum absolute atomic E-state index is 0.122. The van der Waals surface area contributed by atoms with Crippen LogP contribution in [0.5, 0.6) is 5.88 Å². The molecule has 2 aromatic heterocycles. The zero-order chi connectivity index (χ0) is 24.8. The van der Waals surface area contributed by atoms with E-state index < -0.39 is 0 Å². The van der Waals surface area contributed by atoms with Gasteiger partial charge in [-0.05, 0) is 30.5 Å². The van der Waals surface area contributed by atoms with Gasteiger partial charge in [0.15, 0.2) is 0 Å². The Morgan fingerprint density at radius 1 is 1.06 bits per heavy atom. The maximum absolute atomic E-state index is 13.4. The van der Waals surface area contributed by atoms with Crippen molar-refractivity contribution in [1.29, 1.82) is 0 Å². The summed E-state index contributed by atoms with van der Waals surface area (Å²) in [6.07, 6.45) is 3.07. The second kappa shape index (κ2) is 11.2. The number of fused-ring (bicyclic) bond motifs is 1. The zero-order valence-electron chi connectivity index (χ0n) is 20.4. The fourth-order valence-electron chi connectivity index (χ4n) is 4.52. The van der Waals surface area contributed by atoms with Crippen LogP contribution in [0.25, 0.3) is 0 Å². The number of nitrogens with one attached hydrogen (secondary N) is 2. The van der Waals surface area contributed by atoms with E-state index in [4.69, 9.17) is 9.47 Å². The van der Waals surface area contributed by atoms with Gasteiger partial charge in [-0.25, -0.2) is 4.98 Å². The van der Waals surface area contributed by atoms with Crippen molar-refractivity contribution in [2.24, 2.45) is 0 Å². The topological polar surface area (TPSA) is 94.5 Å². The third kappa shape index (κ3) is 5.22. The van der Waals surface area contributed by atoms with Crippen LogP contribution in [-0.2, 0) is 17.9 Å². The Morgan fingerprint density at radius 2 is 1.80 bits per heavy atom. The van der Waals surface area contributed by atoms with Crippen LogP contribution in [0.3, 0.4) is 0 Å².